The molecule has 1 aliphatic carbocycles. The summed E-state index contributed by atoms with van der Waals surface area (Å²) in [6.07, 6.45) is 2.10. The van der Waals surface area contributed by atoms with Crippen LogP contribution < -0.4 is 5.32 Å². The van der Waals surface area contributed by atoms with Crippen molar-refractivity contribution in [2.45, 2.75) is 52.1 Å². The summed E-state index contributed by atoms with van der Waals surface area (Å²) in [5.74, 6) is 0. The van der Waals surface area contributed by atoms with Gasteiger partial charge in [-0.15, -0.1) is 0 Å². The number of nitrogens with one attached hydrogen (secondary N) is 1. The lowest BCUT2D eigenvalue weighted by molar-refractivity contribution is 0.357. The zero-order valence-corrected chi connectivity index (χ0v) is 16.8. The lowest BCUT2D eigenvalue weighted by Crippen LogP contribution is -2.38. The Hall–Kier alpha value is -2.38. The molecule has 27 heavy (non-hydrogen) atoms. The monoisotopic (exact) mass is 355 g/mol. The van der Waals surface area contributed by atoms with Gasteiger partial charge in [-0.05, 0) is 72.6 Å². The Bertz CT molecular complexity index is 962. The van der Waals surface area contributed by atoms with Gasteiger partial charge < -0.3 is 5.32 Å². The molecule has 1 aliphatic rings. The van der Waals surface area contributed by atoms with E-state index in [4.69, 9.17) is 0 Å². The van der Waals surface area contributed by atoms with Gasteiger partial charge in [0.25, 0.3) is 0 Å². The maximum Gasteiger partial charge on any atom is 0.0328 e. The third-order valence-corrected chi connectivity index (χ3v) is 5.49. The van der Waals surface area contributed by atoms with Crippen molar-refractivity contribution in [1.29, 1.82) is 0 Å². The van der Waals surface area contributed by atoms with Gasteiger partial charge in [0.1, 0.15) is 0 Å². The van der Waals surface area contributed by atoms with E-state index in [1.165, 1.54) is 38.9 Å². The fourth-order valence-electron chi connectivity index (χ4n) is 4.38. The molecule has 0 fully saturated rings. The molecular formula is C26H29N. The molecule has 0 saturated carbocycles. The van der Waals surface area contributed by atoms with E-state index in [0.717, 1.165) is 12.8 Å². The van der Waals surface area contributed by atoms with Crippen molar-refractivity contribution in [3.8, 4) is 22.3 Å². The molecule has 0 spiro atoms. The second-order valence-corrected chi connectivity index (χ2v) is 8.61. The van der Waals surface area contributed by atoms with Crippen LogP contribution in [-0.2, 0) is 6.42 Å². The third kappa shape index (κ3) is 3.44. The molecule has 1 nitrogen and oxygen atoms in total. The Labute approximate surface area is 163 Å². The fraction of sp³-hybridized carbons (Fsp3) is 0.308. The molecule has 1 unspecified atom stereocenters. The quantitative estimate of drug-likeness (QED) is 0.426. The van der Waals surface area contributed by atoms with E-state index in [2.05, 4.69) is 99.7 Å². The summed E-state index contributed by atoms with van der Waals surface area (Å²) < 4.78 is 0. The minimum Gasteiger partial charge on any atom is -0.305 e. The highest BCUT2D eigenvalue weighted by Gasteiger charge is 2.24. The first-order valence-corrected chi connectivity index (χ1v) is 10.0. The van der Waals surface area contributed by atoms with Crippen molar-refractivity contribution in [3.05, 3.63) is 83.4 Å². The van der Waals surface area contributed by atoms with Crippen LogP contribution >= 0.6 is 0 Å². The predicted octanol–water partition coefficient (Wildman–Crippen LogP) is 6.76. The van der Waals surface area contributed by atoms with Crippen molar-refractivity contribution in [1.82, 2.24) is 5.32 Å². The van der Waals surface area contributed by atoms with E-state index >= 15 is 0 Å². The van der Waals surface area contributed by atoms with E-state index < -0.39 is 0 Å². The van der Waals surface area contributed by atoms with Gasteiger partial charge in [0.05, 0.1) is 0 Å². The molecule has 0 saturated heterocycles. The van der Waals surface area contributed by atoms with Crippen LogP contribution in [0.5, 0.6) is 0 Å². The molecule has 3 aromatic carbocycles. The van der Waals surface area contributed by atoms with E-state index in [-0.39, 0.29) is 5.54 Å². The fourth-order valence-corrected chi connectivity index (χ4v) is 4.38. The molecule has 0 radical (unpaired) electrons. The summed E-state index contributed by atoms with van der Waals surface area (Å²) in [7, 11) is 0. The van der Waals surface area contributed by atoms with Gasteiger partial charge in [-0.3, -0.25) is 0 Å². The molecule has 1 atom stereocenters. The molecule has 4 rings (SSSR count). The molecule has 0 amide bonds. The Morgan fingerprint density at radius 2 is 1.37 bits per heavy atom. The van der Waals surface area contributed by atoms with Crippen molar-refractivity contribution >= 4 is 0 Å². The zero-order chi connectivity index (χ0) is 19.0. The lowest BCUT2D eigenvalue weighted by atomic mass is 9.88. The first-order chi connectivity index (χ1) is 13.0. The summed E-state index contributed by atoms with van der Waals surface area (Å²) in [5, 5.41) is 3.82. The molecule has 138 valence electrons. The molecule has 1 N–H and O–H groups in total. The second kappa shape index (κ2) is 6.98. The van der Waals surface area contributed by atoms with Gasteiger partial charge in [-0.2, -0.15) is 0 Å². The highest BCUT2D eigenvalue weighted by Crippen LogP contribution is 2.43. The number of fused-ring (bicyclic) bond motifs is 3. The second-order valence-electron chi connectivity index (χ2n) is 8.61. The molecular weight excluding hydrogens is 326 g/mol. The number of rotatable bonds is 4. The van der Waals surface area contributed by atoms with Gasteiger partial charge in [-0.1, -0.05) is 73.7 Å². The normalized spacial score (nSPS) is 13.9. The summed E-state index contributed by atoms with van der Waals surface area (Å²) in [4.78, 5) is 0. The molecule has 0 aromatic heterocycles. The Morgan fingerprint density at radius 1 is 0.778 bits per heavy atom. The molecule has 1 heteroatoms. The standard InChI is InChI=1S/C26H29N/c1-5-25(27-26(2,3)4)23-14-9-8-13-21(23)22-16-10-15-20-19-12-7-6-11-18(19)17-24(20)22/h6-16,25,27H,5,17H2,1-4H3. The SMILES string of the molecule is CCC(NC(C)(C)C)c1ccccc1-c1cccc2c1Cc1ccccc1-2. The van der Waals surface area contributed by atoms with Crippen LogP contribution in [0.3, 0.4) is 0 Å². The summed E-state index contributed by atoms with van der Waals surface area (Å²) >= 11 is 0. The molecule has 3 aromatic rings. The van der Waals surface area contributed by atoms with Crippen molar-refractivity contribution in [3.63, 3.8) is 0 Å². The van der Waals surface area contributed by atoms with Crippen molar-refractivity contribution in [2.75, 3.05) is 0 Å². The van der Waals surface area contributed by atoms with Gasteiger partial charge >= 0.3 is 0 Å². The lowest BCUT2D eigenvalue weighted by Gasteiger charge is -2.30. The maximum atomic E-state index is 3.82. The average molecular weight is 356 g/mol. The van der Waals surface area contributed by atoms with Crippen LogP contribution in [0.1, 0.15) is 56.8 Å². The Kier molecular flexibility index (Phi) is 4.65. The Morgan fingerprint density at radius 3 is 2.07 bits per heavy atom. The first kappa shape index (κ1) is 18.0. The van der Waals surface area contributed by atoms with Crippen LogP contribution in [0.15, 0.2) is 66.7 Å². The van der Waals surface area contributed by atoms with Crippen LogP contribution in [0.4, 0.5) is 0 Å². The van der Waals surface area contributed by atoms with Crippen LogP contribution in [-0.4, -0.2) is 5.54 Å². The molecule has 0 bridgehead atoms. The first-order valence-electron chi connectivity index (χ1n) is 10.0. The Balaban J connectivity index is 1.83. The minimum atomic E-state index is 0.0860. The predicted molar refractivity (Wildman–Crippen MR) is 116 cm³/mol. The third-order valence-electron chi connectivity index (χ3n) is 5.49. The zero-order valence-electron chi connectivity index (χ0n) is 16.8. The topological polar surface area (TPSA) is 12.0 Å². The molecule has 0 aliphatic heterocycles. The minimum absolute atomic E-state index is 0.0860. The number of hydrogen-bond donors (Lipinski definition) is 1. The van der Waals surface area contributed by atoms with Gasteiger partial charge in [-0.25, -0.2) is 0 Å². The van der Waals surface area contributed by atoms with Crippen molar-refractivity contribution in [2.24, 2.45) is 0 Å². The summed E-state index contributed by atoms with van der Waals surface area (Å²) in [5.41, 5.74) is 9.94. The van der Waals surface area contributed by atoms with E-state index in [9.17, 15) is 0 Å². The number of benzene rings is 3. The summed E-state index contributed by atoms with van der Waals surface area (Å²) in [6, 6.07) is 24.9. The van der Waals surface area contributed by atoms with Gasteiger partial charge in [0.2, 0.25) is 0 Å². The van der Waals surface area contributed by atoms with Crippen LogP contribution in [0.25, 0.3) is 22.3 Å². The maximum absolute atomic E-state index is 3.82. The van der Waals surface area contributed by atoms with E-state index in [0.29, 0.717) is 6.04 Å². The van der Waals surface area contributed by atoms with Crippen LogP contribution in [0.2, 0.25) is 0 Å². The molecule has 0 heterocycles. The van der Waals surface area contributed by atoms with E-state index in [1.54, 1.807) is 0 Å². The largest absolute Gasteiger partial charge is 0.305 e. The van der Waals surface area contributed by atoms with Crippen LogP contribution in [0, 0.1) is 0 Å². The van der Waals surface area contributed by atoms with Gasteiger partial charge in [0, 0.05) is 11.6 Å². The smallest absolute Gasteiger partial charge is 0.0328 e. The van der Waals surface area contributed by atoms with E-state index in [1.807, 2.05) is 0 Å². The highest BCUT2D eigenvalue weighted by atomic mass is 15.0. The summed E-state index contributed by atoms with van der Waals surface area (Å²) in [6.45, 7) is 9.00. The average Bonchev–Trinajstić information content (AvgIpc) is 3.04. The highest BCUT2D eigenvalue weighted by molar-refractivity contribution is 5.85. The van der Waals surface area contributed by atoms with Crippen molar-refractivity contribution < 1.29 is 0 Å². The van der Waals surface area contributed by atoms with Gasteiger partial charge in [0.15, 0.2) is 0 Å². The number of hydrogen-bond acceptors (Lipinski definition) is 1.